The Morgan fingerprint density at radius 2 is 1.78 bits per heavy atom. The third-order valence-electron chi connectivity index (χ3n) is 7.06. The zero-order valence-corrected chi connectivity index (χ0v) is 21.6. The zero-order chi connectivity index (χ0) is 26.0. The van der Waals surface area contributed by atoms with Crippen LogP contribution in [-0.4, -0.2) is 25.3 Å². The Morgan fingerprint density at radius 1 is 1.03 bits per heavy atom. The molecule has 1 unspecified atom stereocenters. The van der Waals surface area contributed by atoms with Crippen LogP contribution in [0.5, 0.6) is 5.75 Å². The Hall–Kier alpha value is -4.06. The predicted molar refractivity (Wildman–Crippen MR) is 146 cm³/mol. The Bertz CT molecular complexity index is 1350. The Balaban J connectivity index is 1.59. The van der Waals surface area contributed by atoms with E-state index in [1.165, 1.54) is 0 Å². The molecule has 6 nitrogen and oxygen atoms in total. The molecule has 0 saturated heterocycles. The number of benzene rings is 3. The van der Waals surface area contributed by atoms with Crippen molar-refractivity contribution in [1.82, 2.24) is 5.32 Å². The lowest BCUT2D eigenvalue weighted by molar-refractivity contribution is -0.120. The molecular formula is C31H33N3O3. The van der Waals surface area contributed by atoms with Crippen molar-refractivity contribution >= 4 is 23.1 Å². The maximum atomic E-state index is 13.8. The second-order valence-electron chi connectivity index (χ2n) is 10.5. The number of amides is 1. The van der Waals surface area contributed by atoms with Crippen LogP contribution in [0.1, 0.15) is 43.9 Å². The van der Waals surface area contributed by atoms with Gasteiger partial charge in [-0.05, 0) is 47.2 Å². The van der Waals surface area contributed by atoms with Crippen LogP contribution in [0.15, 0.2) is 90.1 Å². The number of hydrogen-bond donors (Lipinski definition) is 2. The number of carbonyl (C=O) groups excluding carboxylic acids is 2. The zero-order valence-electron chi connectivity index (χ0n) is 21.6. The summed E-state index contributed by atoms with van der Waals surface area (Å²) in [5.41, 5.74) is 5.21. The monoisotopic (exact) mass is 495 g/mol. The summed E-state index contributed by atoms with van der Waals surface area (Å²) < 4.78 is 5.53. The summed E-state index contributed by atoms with van der Waals surface area (Å²) >= 11 is 0. The predicted octanol–water partition coefficient (Wildman–Crippen LogP) is 5.63. The number of methoxy groups -OCH3 is 1. The Labute approximate surface area is 218 Å². The van der Waals surface area contributed by atoms with Gasteiger partial charge in [0.1, 0.15) is 5.75 Å². The fourth-order valence-corrected chi connectivity index (χ4v) is 5.39. The number of nitrogens with zero attached hydrogens (tertiary/aromatic N) is 1. The first-order valence-electron chi connectivity index (χ1n) is 12.7. The van der Waals surface area contributed by atoms with Crippen molar-refractivity contribution in [2.75, 3.05) is 23.9 Å². The molecule has 2 aliphatic rings. The number of hydrogen-bond acceptors (Lipinski definition) is 5. The van der Waals surface area contributed by atoms with E-state index >= 15 is 0 Å². The lowest BCUT2D eigenvalue weighted by Gasteiger charge is -2.38. The molecule has 37 heavy (non-hydrogen) atoms. The fraction of sp³-hybridized carbons (Fsp3) is 0.290. The van der Waals surface area contributed by atoms with Crippen LogP contribution < -0.4 is 20.3 Å². The van der Waals surface area contributed by atoms with Gasteiger partial charge in [-0.15, -0.1) is 0 Å². The first-order chi connectivity index (χ1) is 17.8. The summed E-state index contributed by atoms with van der Waals surface area (Å²) in [6.07, 6.45) is 1.20. The SMILES string of the molecule is COc1cccc(C2C3=C(CC(C)(C)CC3=O)Nc3ccccc3N2CC(=O)NCc2ccccc2)c1. The van der Waals surface area contributed by atoms with Gasteiger partial charge < -0.3 is 20.3 Å². The largest absolute Gasteiger partial charge is 0.497 e. The molecule has 0 spiro atoms. The van der Waals surface area contributed by atoms with Crippen LogP contribution in [0.3, 0.4) is 0 Å². The van der Waals surface area contributed by atoms with Crippen molar-refractivity contribution in [2.24, 2.45) is 5.41 Å². The van der Waals surface area contributed by atoms with Gasteiger partial charge in [0.15, 0.2) is 5.78 Å². The van der Waals surface area contributed by atoms with Crippen molar-refractivity contribution < 1.29 is 14.3 Å². The molecule has 1 aliphatic heterocycles. The third-order valence-corrected chi connectivity index (χ3v) is 7.06. The molecule has 5 rings (SSSR count). The number of rotatable bonds is 6. The molecule has 2 N–H and O–H groups in total. The maximum absolute atomic E-state index is 13.8. The van der Waals surface area contributed by atoms with Crippen LogP contribution >= 0.6 is 0 Å². The van der Waals surface area contributed by atoms with Gasteiger partial charge in [-0.25, -0.2) is 0 Å². The Morgan fingerprint density at radius 3 is 2.57 bits per heavy atom. The highest BCUT2D eigenvalue weighted by Gasteiger charge is 2.42. The topological polar surface area (TPSA) is 70.7 Å². The van der Waals surface area contributed by atoms with Crippen molar-refractivity contribution in [3.05, 3.63) is 101 Å². The van der Waals surface area contributed by atoms with E-state index in [2.05, 4.69) is 29.4 Å². The molecule has 0 bridgehead atoms. The summed E-state index contributed by atoms with van der Waals surface area (Å²) in [5, 5.41) is 6.65. The number of Topliss-reactive ketones (excluding diaryl/α,β-unsaturated/α-hetero) is 1. The summed E-state index contributed by atoms with van der Waals surface area (Å²) in [4.78, 5) is 29.2. The van der Waals surface area contributed by atoms with Gasteiger partial charge in [-0.1, -0.05) is 68.4 Å². The smallest absolute Gasteiger partial charge is 0.239 e. The fourth-order valence-electron chi connectivity index (χ4n) is 5.39. The minimum atomic E-state index is -0.438. The summed E-state index contributed by atoms with van der Waals surface area (Å²) in [7, 11) is 1.64. The number of ether oxygens (including phenoxy) is 1. The van der Waals surface area contributed by atoms with E-state index in [4.69, 9.17) is 4.74 Å². The number of ketones is 1. The number of para-hydroxylation sites is 2. The number of nitrogens with one attached hydrogen (secondary N) is 2. The quantitative estimate of drug-likeness (QED) is 0.464. The van der Waals surface area contributed by atoms with E-state index in [1.807, 2.05) is 78.9 Å². The van der Waals surface area contributed by atoms with E-state index in [1.54, 1.807) is 7.11 Å². The molecule has 6 heteroatoms. The van der Waals surface area contributed by atoms with Crippen LogP contribution in [0, 0.1) is 5.41 Å². The highest BCUT2D eigenvalue weighted by Crippen LogP contribution is 2.48. The molecule has 0 radical (unpaired) electrons. The number of carbonyl (C=O) groups is 2. The standard InChI is InChI=1S/C31H33N3O3/c1-31(2)17-25-29(27(35)18-31)30(22-12-9-13-23(16-22)37-3)34(26-15-8-7-14-24(26)33-25)20-28(36)32-19-21-10-5-4-6-11-21/h4-16,30,33H,17-20H2,1-3H3,(H,32,36). The normalized spacial score (nSPS) is 18.3. The van der Waals surface area contributed by atoms with Crippen LogP contribution in [0.4, 0.5) is 11.4 Å². The van der Waals surface area contributed by atoms with Gasteiger partial charge in [0.25, 0.3) is 0 Å². The Kier molecular flexibility index (Phi) is 6.74. The van der Waals surface area contributed by atoms with E-state index in [0.29, 0.717) is 18.7 Å². The number of anilines is 2. The lowest BCUT2D eigenvalue weighted by Crippen LogP contribution is -2.41. The molecule has 1 amide bonds. The third kappa shape index (κ3) is 5.24. The van der Waals surface area contributed by atoms with Crippen LogP contribution in [-0.2, 0) is 16.1 Å². The summed E-state index contributed by atoms with van der Waals surface area (Å²) in [6, 6.07) is 25.2. The van der Waals surface area contributed by atoms with E-state index in [-0.39, 0.29) is 23.7 Å². The first-order valence-corrected chi connectivity index (χ1v) is 12.7. The average Bonchev–Trinajstić information content (AvgIpc) is 3.02. The average molecular weight is 496 g/mol. The number of fused-ring (bicyclic) bond motifs is 1. The van der Waals surface area contributed by atoms with Crippen molar-refractivity contribution in [3.63, 3.8) is 0 Å². The second kappa shape index (κ2) is 10.1. The first kappa shape index (κ1) is 24.6. The van der Waals surface area contributed by atoms with E-state index < -0.39 is 6.04 Å². The van der Waals surface area contributed by atoms with Crippen LogP contribution in [0.25, 0.3) is 0 Å². The molecule has 1 aliphatic carbocycles. The summed E-state index contributed by atoms with van der Waals surface area (Å²) in [6.45, 7) is 4.80. The van der Waals surface area contributed by atoms with Gasteiger partial charge >= 0.3 is 0 Å². The van der Waals surface area contributed by atoms with E-state index in [0.717, 1.165) is 40.2 Å². The van der Waals surface area contributed by atoms with Gasteiger partial charge in [-0.2, -0.15) is 0 Å². The number of allylic oxidation sites excluding steroid dienone is 1. The van der Waals surface area contributed by atoms with Gasteiger partial charge in [0.05, 0.1) is 31.1 Å². The molecule has 0 aromatic heterocycles. The molecule has 0 saturated carbocycles. The van der Waals surface area contributed by atoms with Crippen molar-refractivity contribution in [3.8, 4) is 5.75 Å². The maximum Gasteiger partial charge on any atom is 0.239 e. The molecule has 190 valence electrons. The molecule has 1 atom stereocenters. The van der Waals surface area contributed by atoms with Crippen molar-refractivity contribution in [1.29, 1.82) is 0 Å². The van der Waals surface area contributed by atoms with E-state index in [9.17, 15) is 9.59 Å². The molecule has 3 aromatic rings. The van der Waals surface area contributed by atoms with Gasteiger partial charge in [-0.3, -0.25) is 9.59 Å². The minimum Gasteiger partial charge on any atom is -0.497 e. The van der Waals surface area contributed by atoms with Gasteiger partial charge in [0, 0.05) is 24.2 Å². The minimum absolute atomic E-state index is 0.0981. The summed E-state index contributed by atoms with van der Waals surface area (Å²) in [5.74, 6) is 0.704. The molecular weight excluding hydrogens is 462 g/mol. The second-order valence-corrected chi connectivity index (χ2v) is 10.5. The van der Waals surface area contributed by atoms with Crippen LogP contribution in [0.2, 0.25) is 0 Å². The lowest BCUT2D eigenvalue weighted by atomic mass is 9.73. The molecule has 1 heterocycles. The van der Waals surface area contributed by atoms with Gasteiger partial charge in [0.2, 0.25) is 5.91 Å². The molecule has 3 aromatic carbocycles. The highest BCUT2D eigenvalue weighted by atomic mass is 16.5. The highest BCUT2D eigenvalue weighted by molar-refractivity contribution is 6.01. The van der Waals surface area contributed by atoms with Crippen molar-refractivity contribution in [2.45, 2.75) is 39.3 Å². The molecule has 0 fully saturated rings.